The lowest BCUT2D eigenvalue weighted by Gasteiger charge is -2.44. The second-order valence-electron chi connectivity index (χ2n) is 5.46. The highest BCUT2D eigenvalue weighted by molar-refractivity contribution is 5.86. The molecule has 2 aliphatic rings. The lowest BCUT2D eigenvalue weighted by molar-refractivity contribution is -0.154. The van der Waals surface area contributed by atoms with Crippen LogP contribution in [0.1, 0.15) is 42.7 Å². The molecular weight excluding hydrogens is 228 g/mol. The van der Waals surface area contributed by atoms with Gasteiger partial charge in [-0.2, -0.15) is 0 Å². The van der Waals surface area contributed by atoms with Crippen molar-refractivity contribution in [2.75, 3.05) is 0 Å². The van der Waals surface area contributed by atoms with Crippen LogP contribution >= 0.6 is 0 Å². The summed E-state index contributed by atoms with van der Waals surface area (Å²) in [4.78, 5) is 23.4. The van der Waals surface area contributed by atoms with E-state index in [1.54, 1.807) is 0 Å². The number of hydrogen-bond donors (Lipinski definition) is 1. The number of carboxylic acid groups (broad SMARTS) is 1. The molecule has 1 fully saturated rings. The van der Waals surface area contributed by atoms with E-state index < -0.39 is 11.4 Å². The van der Waals surface area contributed by atoms with Crippen molar-refractivity contribution in [2.24, 2.45) is 5.41 Å². The Morgan fingerprint density at radius 2 is 1.94 bits per heavy atom. The molecule has 94 valence electrons. The summed E-state index contributed by atoms with van der Waals surface area (Å²) in [6.45, 7) is 0. The number of carbonyl (C=O) groups excluding carboxylic acids is 1. The fraction of sp³-hybridized carbons (Fsp3) is 0.467. The van der Waals surface area contributed by atoms with Gasteiger partial charge in [0.25, 0.3) is 0 Å². The molecule has 1 aromatic carbocycles. The molecule has 0 saturated heterocycles. The van der Waals surface area contributed by atoms with Crippen molar-refractivity contribution in [1.29, 1.82) is 0 Å². The van der Waals surface area contributed by atoms with E-state index >= 15 is 0 Å². The molecule has 3 nitrogen and oxygen atoms in total. The fourth-order valence-electron chi connectivity index (χ4n) is 3.59. The van der Waals surface area contributed by atoms with Gasteiger partial charge in [-0.25, -0.2) is 0 Å². The van der Waals surface area contributed by atoms with Crippen molar-refractivity contribution in [3.63, 3.8) is 0 Å². The van der Waals surface area contributed by atoms with E-state index in [9.17, 15) is 14.7 Å². The van der Waals surface area contributed by atoms with E-state index in [0.717, 1.165) is 12.0 Å². The van der Waals surface area contributed by atoms with Gasteiger partial charge in [0.2, 0.25) is 0 Å². The summed E-state index contributed by atoms with van der Waals surface area (Å²) in [7, 11) is 0. The maximum absolute atomic E-state index is 11.7. The van der Waals surface area contributed by atoms with Crippen molar-refractivity contribution in [3.05, 3.63) is 35.4 Å². The van der Waals surface area contributed by atoms with E-state index in [2.05, 4.69) is 6.07 Å². The van der Waals surface area contributed by atoms with Crippen molar-refractivity contribution in [1.82, 2.24) is 0 Å². The number of rotatable bonds is 1. The number of carbonyl (C=O) groups is 2. The molecule has 1 aromatic rings. The van der Waals surface area contributed by atoms with Gasteiger partial charge in [-0.3, -0.25) is 9.59 Å². The predicted octanol–water partition coefficient (Wildman–Crippen LogP) is 2.54. The molecule has 1 N–H and O–H groups in total. The van der Waals surface area contributed by atoms with Crippen LogP contribution in [-0.2, 0) is 16.0 Å². The molecule has 3 heteroatoms. The highest BCUT2D eigenvalue weighted by Crippen LogP contribution is 2.53. The lowest BCUT2D eigenvalue weighted by atomic mass is 9.57. The average molecular weight is 244 g/mol. The molecule has 0 heterocycles. The Morgan fingerprint density at radius 1 is 1.22 bits per heavy atom. The van der Waals surface area contributed by atoms with Crippen molar-refractivity contribution in [2.45, 2.75) is 38.0 Å². The summed E-state index contributed by atoms with van der Waals surface area (Å²) in [5.41, 5.74) is 1.59. The molecule has 2 atom stereocenters. The van der Waals surface area contributed by atoms with Crippen molar-refractivity contribution >= 4 is 11.8 Å². The van der Waals surface area contributed by atoms with E-state index in [0.29, 0.717) is 25.7 Å². The molecule has 18 heavy (non-hydrogen) atoms. The molecule has 0 spiro atoms. The van der Waals surface area contributed by atoms with Crippen LogP contribution in [0.2, 0.25) is 0 Å². The first-order valence-electron chi connectivity index (χ1n) is 6.46. The number of aryl methyl sites for hydroxylation is 1. The second kappa shape index (κ2) is 3.94. The number of fused-ring (bicyclic) bond motifs is 3. The third kappa shape index (κ3) is 1.50. The smallest absolute Gasteiger partial charge is 0.310 e. The van der Waals surface area contributed by atoms with Crippen LogP contribution < -0.4 is 0 Å². The van der Waals surface area contributed by atoms with Crippen LogP contribution in [0.15, 0.2) is 24.3 Å². The van der Waals surface area contributed by atoms with Crippen molar-refractivity contribution in [3.8, 4) is 0 Å². The minimum atomic E-state index is -0.727. The zero-order valence-electron chi connectivity index (χ0n) is 10.2. The summed E-state index contributed by atoms with van der Waals surface area (Å²) < 4.78 is 0. The van der Waals surface area contributed by atoms with E-state index in [1.807, 2.05) is 18.2 Å². The van der Waals surface area contributed by atoms with Crippen molar-refractivity contribution < 1.29 is 14.7 Å². The molecule has 2 aliphatic carbocycles. The SMILES string of the molecule is O=C1CC[C@@]2(C(=O)O)CCc3ccccc3[C@@H]2C1. The molecule has 3 rings (SSSR count). The zero-order valence-corrected chi connectivity index (χ0v) is 10.2. The monoisotopic (exact) mass is 244 g/mol. The Balaban J connectivity index is 2.11. The van der Waals surface area contributed by atoms with E-state index in [1.165, 1.54) is 5.56 Å². The first-order chi connectivity index (χ1) is 8.63. The molecule has 0 bridgehead atoms. The van der Waals surface area contributed by atoms with Crippen LogP contribution in [-0.4, -0.2) is 16.9 Å². The highest BCUT2D eigenvalue weighted by atomic mass is 16.4. The van der Waals surface area contributed by atoms with Crippen LogP contribution in [0.4, 0.5) is 0 Å². The van der Waals surface area contributed by atoms with Gasteiger partial charge in [0.05, 0.1) is 5.41 Å². The Bertz CT molecular complexity index is 520. The van der Waals surface area contributed by atoms with Gasteiger partial charge in [0.1, 0.15) is 5.78 Å². The first-order valence-corrected chi connectivity index (χ1v) is 6.46. The van der Waals surface area contributed by atoms with Gasteiger partial charge in [-0.05, 0) is 30.4 Å². The summed E-state index contributed by atoms with van der Waals surface area (Å²) in [6, 6.07) is 7.97. The Morgan fingerprint density at radius 3 is 2.72 bits per heavy atom. The van der Waals surface area contributed by atoms with Gasteiger partial charge in [0, 0.05) is 18.8 Å². The predicted molar refractivity (Wildman–Crippen MR) is 66.4 cm³/mol. The first kappa shape index (κ1) is 11.5. The number of benzene rings is 1. The van der Waals surface area contributed by atoms with Crippen LogP contribution in [0.5, 0.6) is 0 Å². The number of ketones is 1. The van der Waals surface area contributed by atoms with E-state index in [-0.39, 0.29) is 11.7 Å². The van der Waals surface area contributed by atoms with Gasteiger partial charge in [-0.1, -0.05) is 24.3 Å². The minimum Gasteiger partial charge on any atom is -0.481 e. The summed E-state index contributed by atoms with van der Waals surface area (Å²) in [6.07, 6.45) is 2.79. The Kier molecular flexibility index (Phi) is 2.51. The maximum atomic E-state index is 11.7. The molecule has 0 aromatic heterocycles. The van der Waals surface area contributed by atoms with Gasteiger partial charge in [-0.15, -0.1) is 0 Å². The Labute approximate surface area is 106 Å². The normalized spacial score (nSPS) is 30.4. The van der Waals surface area contributed by atoms with Crippen LogP contribution in [0.3, 0.4) is 0 Å². The summed E-state index contributed by atoms with van der Waals surface area (Å²) >= 11 is 0. The fourth-order valence-corrected chi connectivity index (χ4v) is 3.59. The number of hydrogen-bond acceptors (Lipinski definition) is 2. The molecule has 0 amide bonds. The minimum absolute atomic E-state index is 0.124. The summed E-state index contributed by atoms with van der Waals surface area (Å²) in [5, 5.41) is 9.62. The quantitative estimate of drug-likeness (QED) is 0.826. The van der Waals surface area contributed by atoms with E-state index in [4.69, 9.17) is 0 Å². The Hall–Kier alpha value is -1.64. The average Bonchev–Trinajstić information content (AvgIpc) is 2.38. The molecule has 0 unspecified atom stereocenters. The molecule has 1 saturated carbocycles. The lowest BCUT2D eigenvalue weighted by Crippen LogP contribution is -2.44. The highest BCUT2D eigenvalue weighted by Gasteiger charge is 2.51. The van der Waals surface area contributed by atoms with Crippen LogP contribution in [0.25, 0.3) is 0 Å². The zero-order chi connectivity index (χ0) is 12.8. The third-order valence-electron chi connectivity index (χ3n) is 4.65. The molecule has 0 aliphatic heterocycles. The van der Waals surface area contributed by atoms with Gasteiger partial charge >= 0.3 is 5.97 Å². The third-order valence-corrected chi connectivity index (χ3v) is 4.65. The second-order valence-corrected chi connectivity index (χ2v) is 5.46. The van der Waals surface area contributed by atoms with Crippen LogP contribution in [0, 0.1) is 5.41 Å². The van der Waals surface area contributed by atoms with Gasteiger partial charge in [0.15, 0.2) is 0 Å². The number of Topliss-reactive ketones (excluding diaryl/α,β-unsaturated/α-hetero) is 1. The maximum Gasteiger partial charge on any atom is 0.310 e. The largest absolute Gasteiger partial charge is 0.481 e. The number of carboxylic acids is 1. The van der Waals surface area contributed by atoms with Gasteiger partial charge < -0.3 is 5.11 Å². The molecular formula is C15H16O3. The number of aliphatic carboxylic acids is 1. The summed E-state index contributed by atoms with van der Waals surface area (Å²) in [5.74, 6) is -0.649. The molecule has 0 radical (unpaired) electrons. The topological polar surface area (TPSA) is 54.4 Å². The standard InChI is InChI=1S/C15H16O3/c16-11-6-8-15(14(17)18)7-5-10-3-1-2-4-12(10)13(15)9-11/h1-4,13H,5-9H2,(H,17,18)/t13-,15-/m0/s1.